The molecule has 0 spiro atoms. The number of rotatable bonds is 3. The van der Waals surface area contributed by atoms with Gasteiger partial charge in [-0.1, -0.05) is 22.3 Å². The molecule has 0 radical (unpaired) electrons. The summed E-state index contributed by atoms with van der Waals surface area (Å²) in [6.45, 7) is 3.76. The topological polar surface area (TPSA) is 79.5 Å². The third-order valence-electron chi connectivity index (χ3n) is 1.86. The van der Waals surface area contributed by atoms with E-state index in [1.165, 1.54) is 0 Å². The van der Waals surface area contributed by atoms with Gasteiger partial charge in [-0.2, -0.15) is 13.7 Å². The maximum absolute atomic E-state index is 10.8. The summed E-state index contributed by atoms with van der Waals surface area (Å²) in [4.78, 5) is 0. The Labute approximate surface area is 100 Å². The van der Waals surface area contributed by atoms with Gasteiger partial charge in [0, 0.05) is 5.56 Å². The third-order valence-corrected chi connectivity index (χ3v) is 2.21. The summed E-state index contributed by atoms with van der Waals surface area (Å²) in [5.41, 5.74) is 2.39. The fraction of sp³-hybridized carbons (Fsp3) is 0.273. The van der Waals surface area contributed by atoms with Gasteiger partial charge < -0.3 is 0 Å². The molecule has 0 unspecified atom stereocenters. The van der Waals surface area contributed by atoms with Crippen LogP contribution in [0.3, 0.4) is 0 Å². The van der Waals surface area contributed by atoms with E-state index < -0.39 is 10.1 Å². The van der Waals surface area contributed by atoms with Crippen molar-refractivity contribution in [3.63, 3.8) is 0 Å². The van der Waals surface area contributed by atoms with Crippen LogP contribution < -0.4 is 0 Å². The number of nitriles is 1. The molecular formula is C11H12N2O3S. The first kappa shape index (κ1) is 13.2. The predicted molar refractivity (Wildman–Crippen MR) is 64.0 cm³/mol. The smallest absolute Gasteiger partial charge is 0.267 e. The lowest BCUT2D eigenvalue weighted by Gasteiger charge is -2.02. The first-order chi connectivity index (χ1) is 7.81. The molecule has 6 heteroatoms. The Morgan fingerprint density at radius 3 is 2.24 bits per heavy atom. The first-order valence-corrected chi connectivity index (χ1v) is 6.59. The normalized spacial score (nSPS) is 12.0. The van der Waals surface area contributed by atoms with E-state index in [0.29, 0.717) is 5.56 Å². The highest BCUT2D eigenvalue weighted by Crippen LogP contribution is 2.10. The van der Waals surface area contributed by atoms with Crippen LogP contribution in [0.25, 0.3) is 0 Å². The molecule has 17 heavy (non-hydrogen) atoms. The van der Waals surface area contributed by atoms with Gasteiger partial charge in [-0.15, -0.1) is 0 Å². The van der Waals surface area contributed by atoms with Crippen molar-refractivity contribution in [3.05, 3.63) is 34.9 Å². The SMILES string of the molecule is Cc1cc(C)cc(C(C#N)=NOS(C)(=O)=O)c1. The van der Waals surface area contributed by atoms with Crippen molar-refractivity contribution >= 4 is 15.8 Å². The van der Waals surface area contributed by atoms with Gasteiger partial charge in [0.1, 0.15) is 6.07 Å². The molecule has 0 heterocycles. The fourth-order valence-corrected chi connectivity index (χ4v) is 1.56. The summed E-state index contributed by atoms with van der Waals surface area (Å²) in [7, 11) is -3.70. The second-order valence-electron chi connectivity index (χ2n) is 3.71. The molecule has 0 saturated carbocycles. The molecule has 1 aromatic carbocycles. The molecule has 0 aliphatic rings. The quantitative estimate of drug-likeness (QED) is 0.603. The van der Waals surface area contributed by atoms with Crippen molar-refractivity contribution in [2.24, 2.45) is 5.16 Å². The van der Waals surface area contributed by atoms with Gasteiger partial charge in [0.2, 0.25) is 0 Å². The molecule has 0 atom stereocenters. The lowest BCUT2D eigenvalue weighted by atomic mass is 10.0. The van der Waals surface area contributed by atoms with E-state index in [4.69, 9.17) is 5.26 Å². The molecule has 1 aromatic rings. The van der Waals surface area contributed by atoms with E-state index in [-0.39, 0.29) is 5.71 Å². The zero-order valence-corrected chi connectivity index (χ0v) is 10.6. The number of nitrogens with zero attached hydrogens (tertiary/aromatic N) is 2. The van der Waals surface area contributed by atoms with Crippen LogP contribution in [0.4, 0.5) is 0 Å². The van der Waals surface area contributed by atoms with Gasteiger partial charge in [0.25, 0.3) is 0 Å². The van der Waals surface area contributed by atoms with Crippen molar-refractivity contribution in [2.75, 3.05) is 6.26 Å². The Morgan fingerprint density at radius 2 is 1.82 bits per heavy atom. The van der Waals surface area contributed by atoms with Crippen molar-refractivity contribution < 1.29 is 12.7 Å². The van der Waals surface area contributed by atoms with Crippen molar-refractivity contribution in [2.45, 2.75) is 13.8 Å². The Balaban J connectivity index is 3.15. The minimum Gasteiger partial charge on any atom is -0.267 e. The van der Waals surface area contributed by atoms with Gasteiger partial charge in [0.05, 0.1) is 6.26 Å². The lowest BCUT2D eigenvalue weighted by molar-refractivity contribution is 0.344. The summed E-state index contributed by atoms with van der Waals surface area (Å²) in [5.74, 6) is 0. The molecule has 0 amide bonds. The average Bonchev–Trinajstić information content (AvgIpc) is 2.15. The first-order valence-electron chi connectivity index (χ1n) is 4.77. The van der Waals surface area contributed by atoms with Crippen LogP contribution in [0.15, 0.2) is 23.4 Å². The number of benzene rings is 1. The summed E-state index contributed by atoms with van der Waals surface area (Å²) in [6, 6.07) is 7.22. The van der Waals surface area contributed by atoms with E-state index >= 15 is 0 Å². The van der Waals surface area contributed by atoms with Crippen LogP contribution in [-0.4, -0.2) is 20.4 Å². The van der Waals surface area contributed by atoms with Crippen LogP contribution in [0, 0.1) is 25.2 Å². The van der Waals surface area contributed by atoms with E-state index in [1.807, 2.05) is 19.9 Å². The molecule has 0 bridgehead atoms. The van der Waals surface area contributed by atoms with Crippen molar-refractivity contribution in [3.8, 4) is 6.07 Å². The second kappa shape index (κ2) is 4.97. The highest BCUT2D eigenvalue weighted by molar-refractivity contribution is 7.85. The molecular weight excluding hydrogens is 240 g/mol. The van der Waals surface area contributed by atoms with Crippen LogP contribution in [0.1, 0.15) is 16.7 Å². The molecule has 0 aromatic heterocycles. The molecule has 0 aliphatic carbocycles. The third kappa shape index (κ3) is 4.25. The van der Waals surface area contributed by atoms with Gasteiger partial charge in [-0.25, -0.2) is 0 Å². The number of oxime groups is 1. The number of hydrogen-bond acceptors (Lipinski definition) is 5. The summed E-state index contributed by atoms with van der Waals surface area (Å²) < 4.78 is 25.8. The van der Waals surface area contributed by atoms with E-state index in [9.17, 15) is 8.42 Å². The summed E-state index contributed by atoms with van der Waals surface area (Å²) >= 11 is 0. The standard InChI is InChI=1S/C11H12N2O3S/c1-8-4-9(2)6-10(5-8)11(7-12)13-16-17(3,14)15/h4-6H,1-3H3. The number of aryl methyl sites for hydroxylation is 2. The molecule has 0 saturated heterocycles. The summed E-state index contributed by atoms with van der Waals surface area (Å²) in [6.07, 6.45) is 0.868. The monoisotopic (exact) mass is 252 g/mol. The van der Waals surface area contributed by atoms with Crippen molar-refractivity contribution in [1.82, 2.24) is 0 Å². The maximum Gasteiger partial charge on any atom is 0.325 e. The zero-order chi connectivity index (χ0) is 13.1. The molecule has 5 nitrogen and oxygen atoms in total. The average molecular weight is 252 g/mol. The largest absolute Gasteiger partial charge is 0.325 e. The molecule has 0 aliphatic heterocycles. The predicted octanol–water partition coefficient (Wildman–Crippen LogP) is 1.51. The molecule has 1 rings (SSSR count). The van der Waals surface area contributed by atoms with Gasteiger partial charge in [-0.3, -0.25) is 4.28 Å². The maximum atomic E-state index is 10.8. The molecule has 90 valence electrons. The summed E-state index contributed by atoms with van der Waals surface area (Å²) in [5, 5.41) is 12.2. The van der Waals surface area contributed by atoms with Gasteiger partial charge >= 0.3 is 10.1 Å². The minimum absolute atomic E-state index is 0.0674. The Bertz CT molecular complexity index is 577. The van der Waals surface area contributed by atoms with Crippen molar-refractivity contribution in [1.29, 1.82) is 5.26 Å². The molecule has 0 fully saturated rings. The van der Waals surface area contributed by atoms with E-state index in [2.05, 4.69) is 9.44 Å². The van der Waals surface area contributed by atoms with Gasteiger partial charge in [0.15, 0.2) is 5.71 Å². The Morgan fingerprint density at radius 1 is 1.29 bits per heavy atom. The zero-order valence-electron chi connectivity index (χ0n) is 9.76. The second-order valence-corrected chi connectivity index (χ2v) is 5.26. The van der Waals surface area contributed by atoms with Crippen LogP contribution in [0.5, 0.6) is 0 Å². The highest BCUT2D eigenvalue weighted by atomic mass is 32.2. The van der Waals surface area contributed by atoms with Crippen LogP contribution >= 0.6 is 0 Å². The van der Waals surface area contributed by atoms with Crippen LogP contribution in [-0.2, 0) is 14.4 Å². The van der Waals surface area contributed by atoms with Gasteiger partial charge in [-0.05, 0) is 26.0 Å². The minimum atomic E-state index is -3.70. The Kier molecular flexibility index (Phi) is 3.86. The molecule has 0 N–H and O–H groups in total. The van der Waals surface area contributed by atoms with Crippen LogP contribution in [0.2, 0.25) is 0 Å². The van der Waals surface area contributed by atoms with E-state index in [1.54, 1.807) is 18.2 Å². The van der Waals surface area contributed by atoms with E-state index in [0.717, 1.165) is 17.4 Å². The fourth-order valence-electron chi connectivity index (χ4n) is 1.35. The Hall–Kier alpha value is -1.87. The highest BCUT2D eigenvalue weighted by Gasteiger charge is 2.07. The lowest BCUT2D eigenvalue weighted by Crippen LogP contribution is -2.04. The number of hydrogen-bond donors (Lipinski definition) is 0.